The molecule has 1 amide bonds. The summed E-state index contributed by atoms with van der Waals surface area (Å²) in [6.07, 6.45) is 4.37. The van der Waals surface area contributed by atoms with Crippen LogP contribution in [0, 0.1) is 12.8 Å². The predicted octanol–water partition coefficient (Wildman–Crippen LogP) is 4.69. The number of nitrogens with zero attached hydrogens (tertiary/aromatic N) is 3. The molecule has 9 nitrogen and oxygen atoms in total. The van der Waals surface area contributed by atoms with Crippen molar-refractivity contribution in [3.8, 4) is 0 Å². The van der Waals surface area contributed by atoms with Crippen LogP contribution in [0.5, 0.6) is 0 Å². The molecule has 0 spiro atoms. The molecule has 0 aliphatic carbocycles. The van der Waals surface area contributed by atoms with Crippen LogP contribution in [-0.2, 0) is 18.6 Å². The zero-order valence-corrected chi connectivity index (χ0v) is 22.2. The molecule has 0 saturated carbocycles. The monoisotopic (exact) mass is 514 g/mol. The number of aryl methyl sites for hydroxylation is 1. The molecule has 3 aliphatic heterocycles. The molecule has 3 saturated heterocycles. The lowest BCUT2D eigenvalue weighted by atomic mass is 10.0. The average Bonchev–Trinajstić information content (AvgIpc) is 3.56. The number of benzene rings is 1. The third-order valence-corrected chi connectivity index (χ3v) is 8.94. The maximum atomic E-state index is 12.7. The van der Waals surface area contributed by atoms with Gasteiger partial charge in [-0.05, 0) is 37.8 Å². The predicted molar refractivity (Wildman–Crippen MR) is 137 cm³/mol. The number of rotatable bonds is 7. The zero-order chi connectivity index (χ0) is 25.4. The summed E-state index contributed by atoms with van der Waals surface area (Å²) < 4.78 is 23.3. The second kappa shape index (κ2) is 10.7. The zero-order valence-electron chi connectivity index (χ0n) is 21.3. The van der Waals surface area contributed by atoms with E-state index in [1.807, 2.05) is 0 Å². The summed E-state index contributed by atoms with van der Waals surface area (Å²) >= 11 is 0. The molecule has 2 unspecified atom stereocenters. The Morgan fingerprint density at radius 2 is 2.06 bits per heavy atom. The van der Waals surface area contributed by atoms with E-state index < -0.39 is 20.4 Å². The molecular formula is C26H35N4O5P. The first-order valence-electron chi connectivity index (χ1n) is 12.9. The summed E-state index contributed by atoms with van der Waals surface area (Å²) in [4.78, 5) is 28.7. The van der Waals surface area contributed by atoms with Gasteiger partial charge in [0.05, 0.1) is 12.2 Å². The maximum absolute atomic E-state index is 12.7. The lowest BCUT2D eigenvalue weighted by molar-refractivity contribution is -0.118. The normalized spacial score (nSPS) is 30.1. The van der Waals surface area contributed by atoms with Gasteiger partial charge in [0.15, 0.2) is 0 Å². The van der Waals surface area contributed by atoms with Crippen molar-refractivity contribution in [2.24, 2.45) is 5.92 Å². The maximum Gasteiger partial charge on any atom is 0.351 e. The molecule has 3 fully saturated rings. The highest BCUT2D eigenvalue weighted by atomic mass is 31.2. The Morgan fingerprint density at radius 3 is 2.75 bits per heavy atom. The van der Waals surface area contributed by atoms with Crippen LogP contribution < -0.4 is 11.0 Å². The first kappa shape index (κ1) is 25.5. The molecule has 4 heterocycles. The molecule has 0 radical (unpaired) electrons. The Balaban J connectivity index is 1.28. The van der Waals surface area contributed by atoms with Crippen LogP contribution in [0.15, 0.2) is 41.3 Å². The quantitative estimate of drug-likeness (QED) is 0.536. The summed E-state index contributed by atoms with van der Waals surface area (Å²) in [5, 5.41) is 2.67. The number of ether oxygens (including phenoxy) is 1. The number of amides is 1. The number of carbonyl (C=O) groups excluding carboxylic acids is 1. The Kier molecular flexibility index (Phi) is 7.56. The lowest BCUT2D eigenvalue weighted by Crippen LogP contribution is -2.29. The Morgan fingerprint density at radius 1 is 1.28 bits per heavy atom. The smallest absolute Gasteiger partial charge is 0.351 e. The SMILES string of the molecule is CC[C@H]1O[C@@H](n2ccc(NC(=O)C(C)C)nc2=O)CC1O[P@@]1O[C@H](c2ccc(C)cc2)C2CCCN21. The van der Waals surface area contributed by atoms with Crippen LogP contribution in [0.3, 0.4) is 0 Å². The molecule has 36 heavy (non-hydrogen) atoms. The number of hydrogen-bond donors (Lipinski definition) is 1. The largest absolute Gasteiger partial charge is 0.352 e. The van der Waals surface area contributed by atoms with Crippen LogP contribution in [-0.4, -0.2) is 44.9 Å². The van der Waals surface area contributed by atoms with E-state index in [0.717, 1.165) is 25.8 Å². The van der Waals surface area contributed by atoms with E-state index >= 15 is 0 Å². The van der Waals surface area contributed by atoms with Crippen molar-refractivity contribution in [3.63, 3.8) is 0 Å². The molecule has 10 heteroatoms. The van der Waals surface area contributed by atoms with E-state index in [1.165, 1.54) is 15.7 Å². The summed E-state index contributed by atoms with van der Waals surface area (Å²) in [6, 6.07) is 10.5. The van der Waals surface area contributed by atoms with Crippen molar-refractivity contribution in [3.05, 3.63) is 58.1 Å². The summed E-state index contributed by atoms with van der Waals surface area (Å²) in [5.74, 6) is -0.131. The fourth-order valence-electron chi connectivity index (χ4n) is 5.07. The number of anilines is 1. The van der Waals surface area contributed by atoms with E-state index in [2.05, 4.69) is 53.1 Å². The summed E-state index contributed by atoms with van der Waals surface area (Å²) in [5.41, 5.74) is 1.97. The van der Waals surface area contributed by atoms with Crippen LogP contribution in [0.1, 0.15) is 69.9 Å². The Hall–Kier alpha value is -2.16. The highest BCUT2D eigenvalue weighted by molar-refractivity contribution is 7.44. The summed E-state index contributed by atoms with van der Waals surface area (Å²) in [6.45, 7) is 8.70. The fourth-order valence-corrected chi connectivity index (χ4v) is 7.06. The Bertz CT molecular complexity index is 1140. The van der Waals surface area contributed by atoms with Gasteiger partial charge in [-0.25, -0.2) is 9.46 Å². The second-order valence-electron chi connectivity index (χ2n) is 10.1. The molecule has 5 rings (SSSR count). The van der Waals surface area contributed by atoms with Crippen molar-refractivity contribution < 1.29 is 18.6 Å². The number of aromatic nitrogens is 2. The van der Waals surface area contributed by atoms with Gasteiger partial charge in [-0.3, -0.25) is 9.36 Å². The van der Waals surface area contributed by atoms with Gasteiger partial charge in [-0.1, -0.05) is 50.6 Å². The Labute approximate surface area is 213 Å². The minimum atomic E-state index is -1.21. The number of hydrogen-bond acceptors (Lipinski definition) is 7. The van der Waals surface area contributed by atoms with Gasteiger partial charge >= 0.3 is 5.69 Å². The lowest BCUT2D eigenvalue weighted by Gasteiger charge is -2.25. The van der Waals surface area contributed by atoms with Gasteiger partial charge in [0.2, 0.25) is 5.91 Å². The van der Waals surface area contributed by atoms with E-state index in [4.69, 9.17) is 13.8 Å². The highest BCUT2D eigenvalue weighted by Gasteiger charge is 2.49. The van der Waals surface area contributed by atoms with Gasteiger partial charge in [0.1, 0.15) is 18.1 Å². The minimum absolute atomic E-state index is 0.0119. The van der Waals surface area contributed by atoms with Gasteiger partial charge < -0.3 is 19.1 Å². The van der Waals surface area contributed by atoms with Crippen molar-refractivity contribution >= 4 is 20.3 Å². The number of nitrogens with one attached hydrogen (secondary N) is 1. The molecule has 6 atom stereocenters. The fraction of sp³-hybridized carbons (Fsp3) is 0.577. The first-order chi connectivity index (χ1) is 17.3. The number of fused-ring (bicyclic) bond motifs is 1. The molecule has 1 aromatic heterocycles. The van der Waals surface area contributed by atoms with Crippen molar-refractivity contribution in [2.75, 3.05) is 11.9 Å². The third-order valence-electron chi connectivity index (χ3n) is 7.16. The van der Waals surface area contributed by atoms with E-state index in [1.54, 1.807) is 26.1 Å². The van der Waals surface area contributed by atoms with Crippen molar-refractivity contribution in [1.82, 2.24) is 14.2 Å². The van der Waals surface area contributed by atoms with Gasteiger partial charge in [0, 0.05) is 31.1 Å². The molecule has 1 aromatic carbocycles. The van der Waals surface area contributed by atoms with Crippen molar-refractivity contribution in [2.45, 2.75) is 84.0 Å². The van der Waals surface area contributed by atoms with Gasteiger partial charge in [0.25, 0.3) is 8.53 Å². The van der Waals surface area contributed by atoms with E-state index in [9.17, 15) is 9.59 Å². The molecule has 0 bridgehead atoms. The first-order valence-corrected chi connectivity index (χ1v) is 14.0. The second-order valence-corrected chi connectivity index (χ2v) is 11.5. The highest BCUT2D eigenvalue weighted by Crippen LogP contribution is 2.61. The molecule has 194 valence electrons. The van der Waals surface area contributed by atoms with Crippen LogP contribution in [0.25, 0.3) is 0 Å². The average molecular weight is 515 g/mol. The molecular weight excluding hydrogens is 479 g/mol. The summed E-state index contributed by atoms with van der Waals surface area (Å²) in [7, 11) is -1.21. The number of carbonyl (C=O) groups is 1. The molecule has 2 aromatic rings. The van der Waals surface area contributed by atoms with E-state index in [0.29, 0.717) is 12.5 Å². The van der Waals surface area contributed by atoms with E-state index in [-0.39, 0.29) is 36.0 Å². The van der Waals surface area contributed by atoms with Crippen LogP contribution in [0.2, 0.25) is 0 Å². The van der Waals surface area contributed by atoms with Gasteiger partial charge in [-0.15, -0.1) is 0 Å². The third kappa shape index (κ3) is 5.13. The van der Waals surface area contributed by atoms with Crippen molar-refractivity contribution in [1.29, 1.82) is 0 Å². The minimum Gasteiger partial charge on any atom is -0.352 e. The standard InChI is InChI=1S/C26H35N4O5P/c1-5-20-21(15-23(33-20)29-14-12-22(28-26(29)32)27-25(31)16(2)3)34-36-30-13-6-7-19(30)24(35-36)18-10-8-17(4)9-11-18/h8-12,14,16,19-21,23-24H,5-7,13,15H2,1-4H3,(H,27,28,31,32)/t19?,20-,21?,23-,24-,36+/m1/s1. The van der Waals surface area contributed by atoms with Crippen LogP contribution in [0.4, 0.5) is 5.82 Å². The van der Waals surface area contributed by atoms with Gasteiger partial charge in [-0.2, -0.15) is 4.98 Å². The van der Waals surface area contributed by atoms with Crippen LogP contribution >= 0.6 is 8.53 Å². The topological polar surface area (TPSA) is 94.9 Å². The molecule has 1 N–H and O–H groups in total. The molecule has 3 aliphatic rings.